The molecule has 1 N–H and O–H groups in total. The standard InChI is InChI=1S/C26H25N3O4S/c1-17-9-10-18(2)23(15-17)31-16-24-28-29-26(33-24)34-19(3)25(30)27-20-11-13-22(14-12-20)32-21-7-5-4-6-8-21/h4-15,19H,16H2,1-3H3,(H,27,30). The van der Waals surface area contributed by atoms with Gasteiger partial charge in [0.15, 0.2) is 6.61 Å². The first kappa shape index (κ1) is 23.4. The van der Waals surface area contributed by atoms with Gasteiger partial charge in [0.25, 0.3) is 11.1 Å². The van der Waals surface area contributed by atoms with Gasteiger partial charge >= 0.3 is 0 Å². The van der Waals surface area contributed by atoms with Crippen molar-refractivity contribution in [1.82, 2.24) is 10.2 Å². The Bertz CT molecular complexity index is 1240. The second-order valence-corrected chi connectivity index (χ2v) is 9.00. The van der Waals surface area contributed by atoms with Crippen molar-refractivity contribution in [3.8, 4) is 17.2 Å². The van der Waals surface area contributed by atoms with Gasteiger partial charge in [0.1, 0.15) is 17.2 Å². The van der Waals surface area contributed by atoms with Gasteiger partial charge in [-0.15, -0.1) is 10.2 Å². The molecule has 1 atom stereocenters. The molecule has 8 heteroatoms. The third kappa shape index (κ3) is 6.39. The Morgan fingerprint density at radius 3 is 2.50 bits per heavy atom. The molecule has 0 saturated heterocycles. The number of rotatable bonds is 9. The molecular formula is C26H25N3O4S. The number of benzene rings is 3. The fraction of sp³-hybridized carbons (Fsp3) is 0.192. The Labute approximate surface area is 202 Å². The second kappa shape index (κ2) is 10.9. The van der Waals surface area contributed by atoms with Crippen molar-refractivity contribution < 1.29 is 18.7 Å². The van der Waals surface area contributed by atoms with Crippen molar-refractivity contribution in [2.75, 3.05) is 5.32 Å². The van der Waals surface area contributed by atoms with Gasteiger partial charge < -0.3 is 19.2 Å². The zero-order valence-electron chi connectivity index (χ0n) is 19.1. The molecule has 1 heterocycles. The Hall–Kier alpha value is -3.78. The lowest BCUT2D eigenvalue weighted by Gasteiger charge is -2.11. The highest BCUT2D eigenvalue weighted by Gasteiger charge is 2.19. The van der Waals surface area contributed by atoms with Gasteiger partial charge in [0, 0.05) is 5.69 Å². The van der Waals surface area contributed by atoms with E-state index in [-0.39, 0.29) is 12.5 Å². The molecule has 34 heavy (non-hydrogen) atoms. The maximum absolute atomic E-state index is 12.6. The lowest BCUT2D eigenvalue weighted by atomic mass is 10.1. The number of ether oxygens (including phenoxy) is 2. The minimum atomic E-state index is -0.437. The number of anilines is 1. The molecule has 0 radical (unpaired) electrons. The summed E-state index contributed by atoms with van der Waals surface area (Å²) in [5, 5.41) is 10.8. The highest BCUT2D eigenvalue weighted by Crippen LogP contribution is 2.26. The third-order valence-electron chi connectivity index (χ3n) is 4.89. The van der Waals surface area contributed by atoms with Crippen molar-refractivity contribution in [3.63, 3.8) is 0 Å². The number of amides is 1. The van der Waals surface area contributed by atoms with E-state index in [9.17, 15) is 4.79 Å². The summed E-state index contributed by atoms with van der Waals surface area (Å²) in [4.78, 5) is 12.6. The molecule has 174 valence electrons. The van der Waals surface area contributed by atoms with Crippen LogP contribution in [-0.2, 0) is 11.4 Å². The van der Waals surface area contributed by atoms with Gasteiger partial charge in [0.05, 0.1) is 5.25 Å². The van der Waals surface area contributed by atoms with E-state index in [0.717, 1.165) is 22.6 Å². The zero-order chi connectivity index (χ0) is 23.9. The molecule has 7 nitrogen and oxygen atoms in total. The summed E-state index contributed by atoms with van der Waals surface area (Å²) in [7, 11) is 0. The number of carbonyl (C=O) groups is 1. The summed E-state index contributed by atoms with van der Waals surface area (Å²) < 4.78 is 17.2. The van der Waals surface area contributed by atoms with Gasteiger partial charge in [-0.1, -0.05) is 42.1 Å². The number of thioether (sulfide) groups is 1. The topological polar surface area (TPSA) is 86.5 Å². The molecule has 0 spiro atoms. The molecule has 0 aliphatic heterocycles. The molecule has 1 unspecified atom stereocenters. The predicted molar refractivity (Wildman–Crippen MR) is 131 cm³/mol. The summed E-state index contributed by atoms with van der Waals surface area (Å²) in [6.07, 6.45) is 0. The number of nitrogens with zero attached hydrogens (tertiary/aromatic N) is 2. The largest absolute Gasteiger partial charge is 0.484 e. The third-order valence-corrected chi connectivity index (χ3v) is 5.82. The molecule has 0 saturated carbocycles. The van der Waals surface area contributed by atoms with Crippen LogP contribution in [0.3, 0.4) is 0 Å². The molecule has 4 rings (SSSR count). The molecule has 0 aliphatic carbocycles. The van der Waals surface area contributed by atoms with Crippen LogP contribution in [0.2, 0.25) is 0 Å². The van der Waals surface area contributed by atoms with Crippen molar-refractivity contribution in [3.05, 3.63) is 89.8 Å². The smallest absolute Gasteiger partial charge is 0.277 e. The fourth-order valence-electron chi connectivity index (χ4n) is 3.03. The van der Waals surface area contributed by atoms with Gasteiger partial charge in [0.2, 0.25) is 5.91 Å². The number of nitrogens with one attached hydrogen (secondary N) is 1. The number of carbonyl (C=O) groups excluding carboxylic acids is 1. The van der Waals surface area contributed by atoms with Crippen molar-refractivity contribution >= 4 is 23.4 Å². The molecule has 4 aromatic rings. The minimum Gasteiger partial charge on any atom is -0.484 e. The highest BCUT2D eigenvalue weighted by atomic mass is 32.2. The van der Waals surface area contributed by atoms with Gasteiger partial charge in [-0.3, -0.25) is 4.79 Å². The van der Waals surface area contributed by atoms with E-state index in [0.29, 0.717) is 22.6 Å². The van der Waals surface area contributed by atoms with E-state index in [1.165, 1.54) is 11.8 Å². The monoisotopic (exact) mass is 475 g/mol. The van der Waals surface area contributed by atoms with Crippen LogP contribution in [0.25, 0.3) is 0 Å². The first-order valence-electron chi connectivity index (χ1n) is 10.8. The molecule has 1 aromatic heterocycles. The van der Waals surface area contributed by atoms with Crippen LogP contribution in [0, 0.1) is 13.8 Å². The summed E-state index contributed by atoms with van der Waals surface area (Å²) >= 11 is 1.19. The number of para-hydroxylation sites is 1. The van der Waals surface area contributed by atoms with Crippen LogP contribution in [0.4, 0.5) is 5.69 Å². The fourth-order valence-corrected chi connectivity index (χ4v) is 3.73. The van der Waals surface area contributed by atoms with Crippen LogP contribution >= 0.6 is 11.8 Å². The molecule has 0 bridgehead atoms. The van der Waals surface area contributed by atoms with E-state index in [1.807, 2.05) is 62.4 Å². The Kier molecular flexibility index (Phi) is 7.49. The second-order valence-electron chi connectivity index (χ2n) is 7.71. The van der Waals surface area contributed by atoms with Gasteiger partial charge in [-0.2, -0.15) is 0 Å². The van der Waals surface area contributed by atoms with Crippen LogP contribution < -0.4 is 14.8 Å². The molecule has 0 aliphatic rings. The summed E-state index contributed by atoms with van der Waals surface area (Å²) in [6.45, 7) is 5.93. The Morgan fingerprint density at radius 1 is 1.00 bits per heavy atom. The lowest BCUT2D eigenvalue weighted by molar-refractivity contribution is -0.115. The van der Waals surface area contributed by atoms with Gasteiger partial charge in [-0.05, 0) is 74.4 Å². The Morgan fingerprint density at radius 2 is 1.74 bits per heavy atom. The quantitative estimate of drug-likeness (QED) is 0.289. The van der Waals surface area contributed by atoms with E-state index in [2.05, 4.69) is 15.5 Å². The summed E-state index contributed by atoms with van der Waals surface area (Å²) in [5.74, 6) is 2.40. The van der Waals surface area contributed by atoms with E-state index >= 15 is 0 Å². The molecule has 1 amide bonds. The van der Waals surface area contributed by atoms with E-state index in [4.69, 9.17) is 13.9 Å². The number of hydrogen-bond donors (Lipinski definition) is 1. The van der Waals surface area contributed by atoms with Gasteiger partial charge in [-0.25, -0.2) is 0 Å². The molecular weight excluding hydrogens is 450 g/mol. The van der Waals surface area contributed by atoms with Crippen molar-refractivity contribution in [2.45, 2.75) is 37.9 Å². The SMILES string of the molecule is Cc1ccc(C)c(OCc2nnc(SC(C)C(=O)Nc3ccc(Oc4ccccc4)cc3)o2)c1. The predicted octanol–water partition coefficient (Wildman–Crippen LogP) is 6.18. The maximum atomic E-state index is 12.6. The summed E-state index contributed by atoms with van der Waals surface area (Å²) in [5.41, 5.74) is 2.82. The first-order chi connectivity index (χ1) is 16.5. The molecule has 3 aromatic carbocycles. The van der Waals surface area contributed by atoms with E-state index < -0.39 is 5.25 Å². The average Bonchev–Trinajstić information content (AvgIpc) is 3.28. The number of aromatic nitrogens is 2. The van der Waals surface area contributed by atoms with Crippen molar-refractivity contribution in [2.24, 2.45) is 0 Å². The van der Waals surface area contributed by atoms with Crippen LogP contribution in [0.5, 0.6) is 17.2 Å². The van der Waals surface area contributed by atoms with Crippen LogP contribution in [-0.4, -0.2) is 21.4 Å². The first-order valence-corrected chi connectivity index (χ1v) is 11.7. The summed E-state index contributed by atoms with van der Waals surface area (Å²) in [6, 6.07) is 22.7. The average molecular weight is 476 g/mol. The highest BCUT2D eigenvalue weighted by molar-refractivity contribution is 8.00. The normalized spacial score (nSPS) is 11.6. The number of hydrogen-bond acceptors (Lipinski definition) is 7. The molecule has 0 fully saturated rings. The van der Waals surface area contributed by atoms with Crippen LogP contribution in [0.15, 0.2) is 82.4 Å². The van der Waals surface area contributed by atoms with E-state index in [1.54, 1.807) is 31.2 Å². The maximum Gasteiger partial charge on any atom is 0.277 e. The van der Waals surface area contributed by atoms with Crippen molar-refractivity contribution in [1.29, 1.82) is 0 Å². The minimum absolute atomic E-state index is 0.163. The number of aryl methyl sites for hydroxylation is 2. The lowest BCUT2D eigenvalue weighted by Crippen LogP contribution is -2.22. The van der Waals surface area contributed by atoms with Crippen LogP contribution in [0.1, 0.15) is 23.9 Å². The zero-order valence-corrected chi connectivity index (χ0v) is 20.0. The Balaban J connectivity index is 1.27.